The summed E-state index contributed by atoms with van der Waals surface area (Å²) in [6.07, 6.45) is -3.55. The molecular weight excluding hydrogens is 352 g/mol. The van der Waals surface area contributed by atoms with E-state index in [9.17, 15) is 19.8 Å². The van der Waals surface area contributed by atoms with Gasteiger partial charge in [-0.05, 0) is 23.3 Å². The first-order chi connectivity index (χ1) is 12.9. The Morgan fingerprint density at radius 2 is 1.85 bits per heavy atom. The molecule has 0 bridgehead atoms. The number of rotatable bonds is 8. The highest BCUT2D eigenvalue weighted by atomic mass is 16.5. The van der Waals surface area contributed by atoms with E-state index in [2.05, 4.69) is 5.32 Å². The van der Waals surface area contributed by atoms with Crippen LogP contribution in [0.3, 0.4) is 0 Å². The first-order valence-corrected chi connectivity index (χ1v) is 8.20. The largest absolute Gasteiger partial charge is 0.497 e. The first-order valence-electron chi connectivity index (χ1n) is 8.20. The maximum Gasteiger partial charge on any atom is 0.407 e. The summed E-state index contributed by atoms with van der Waals surface area (Å²) in [5.41, 5.74) is 6.29. The van der Waals surface area contributed by atoms with E-state index in [0.29, 0.717) is 5.75 Å². The SMILES string of the molecule is COc1ccc(C(O)C(O)CNC(=O)OCc2ccccc2)c(C(N)=O)c1. The molecule has 2 aromatic rings. The molecule has 0 heterocycles. The van der Waals surface area contributed by atoms with Crippen molar-refractivity contribution in [3.05, 3.63) is 65.2 Å². The fourth-order valence-electron chi connectivity index (χ4n) is 2.41. The quantitative estimate of drug-likeness (QED) is 0.547. The summed E-state index contributed by atoms with van der Waals surface area (Å²) in [5.74, 6) is -0.387. The average molecular weight is 374 g/mol. The highest BCUT2D eigenvalue weighted by Gasteiger charge is 2.24. The van der Waals surface area contributed by atoms with Gasteiger partial charge in [0.05, 0.1) is 7.11 Å². The molecule has 2 aromatic carbocycles. The molecule has 0 spiro atoms. The Labute approximate surface area is 156 Å². The van der Waals surface area contributed by atoms with E-state index < -0.39 is 24.2 Å². The molecule has 0 aliphatic carbocycles. The Morgan fingerprint density at radius 3 is 2.48 bits per heavy atom. The highest BCUT2D eigenvalue weighted by Crippen LogP contribution is 2.25. The molecule has 5 N–H and O–H groups in total. The number of benzene rings is 2. The van der Waals surface area contributed by atoms with Gasteiger partial charge in [-0.15, -0.1) is 0 Å². The zero-order valence-electron chi connectivity index (χ0n) is 14.8. The van der Waals surface area contributed by atoms with Gasteiger partial charge in [-0.1, -0.05) is 36.4 Å². The molecule has 2 unspecified atom stereocenters. The Balaban J connectivity index is 1.92. The van der Waals surface area contributed by atoms with E-state index in [1.54, 1.807) is 12.1 Å². The lowest BCUT2D eigenvalue weighted by atomic mass is 9.97. The van der Waals surface area contributed by atoms with Gasteiger partial charge in [0.15, 0.2) is 0 Å². The second kappa shape index (κ2) is 9.56. The van der Waals surface area contributed by atoms with Gasteiger partial charge in [0.25, 0.3) is 0 Å². The van der Waals surface area contributed by atoms with Crippen molar-refractivity contribution in [3.63, 3.8) is 0 Å². The third-order valence-electron chi connectivity index (χ3n) is 3.88. The van der Waals surface area contributed by atoms with Crippen LogP contribution in [0.2, 0.25) is 0 Å². The lowest BCUT2D eigenvalue weighted by molar-refractivity contribution is 0.0179. The zero-order chi connectivity index (χ0) is 19.8. The third-order valence-corrected chi connectivity index (χ3v) is 3.88. The number of carbonyl (C=O) groups excluding carboxylic acids is 2. The van der Waals surface area contributed by atoms with Crippen molar-refractivity contribution in [3.8, 4) is 5.75 Å². The van der Waals surface area contributed by atoms with Crippen LogP contribution in [0.1, 0.15) is 27.6 Å². The van der Waals surface area contributed by atoms with Crippen molar-refractivity contribution < 1.29 is 29.3 Å². The minimum absolute atomic E-state index is 0.0209. The first kappa shape index (κ1) is 20.2. The molecule has 0 radical (unpaired) electrons. The molecule has 27 heavy (non-hydrogen) atoms. The van der Waals surface area contributed by atoms with Crippen LogP contribution in [-0.4, -0.2) is 42.0 Å². The predicted molar refractivity (Wildman–Crippen MR) is 97.1 cm³/mol. The van der Waals surface area contributed by atoms with Crippen LogP contribution in [0.4, 0.5) is 4.79 Å². The molecule has 0 saturated heterocycles. The number of carbonyl (C=O) groups is 2. The molecule has 8 heteroatoms. The van der Waals surface area contributed by atoms with Crippen molar-refractivity contribution in [1.29, 1.82) is 0 Å². The molecule has 0 aliphatic rings. The molecular formula is C19H22N2O6. The number of ether oxygens (including phenoxy) is 2. The number of nitrogens with two attached hydrogens (primary N) is 1. The molecule has 0 saturated carbocycles. The van der Waals surface area contributed by atoms with Crippen LogP contribution in [-0.2, 0) is 11.3 Å². The van der Waals surface area contributed by atoms with Crippen LogP contribution < -0.4 is 15.8 Å². The summed E-state index contributed by atoms with van der Waals surface area (Å²) < 4.78 is 10.0. The normalized spacial score (nSPS) is 12.7. The van der Waals surface area contributed by atoms with E-state index in [0.717, 1.165) is 5.56 Å². The van der Waals surface area contributed by atoms with Gasteiger partial charge < -0.3 is 30.7 Å². The number of nitrogens with one attached hydrogen (secondary N) is 1. The molecule has 2 amide bonds. The Kier molecular flexibility index (Phi) is 7.16. The van der Waals surface area contributed by atoms with Gasteiger partial charge in [-0.25, -0.2) is 4.79 Å². The lowest BCUT2D eigenvalue weighted by Crippen LogP contribution is -2.36. The number of hydrogen-bond acceptors (Lipinski definition) is 6. The van der Waals surface area contributed by atoms with Gasteiger partial charge in [0.1, 0.15) is 24.6 Å². The topological polar surface area (TPSA) is 131 Å². The van der Waals surface area contributed by atoms with Crippen molar-refractivity contribution >= 4 is 12.0 Å². The average Bonchev–Trinajstić information content (AvgIpc) is 2.70. The lowest BCUT2D eigenvalue weighted by Gasteiger charge is -2.20. The van der Waals surface area contributed by atoms with Crippen LogP contribution in [0.5, 0.6) is 5.75 Å². The minimum Gasteiger partial charge on any atom is -0.497 e. The van der Waals surface area contributed by atoms with Crippen LogP contribution in [0.25, 0.3) is 0 Å². The maximum absolute atomic E-state index is 11.7. The van der Waals surface area contributed by atoms with Crippen molar-refractivity contribution in [2.24, 2.45) is 5.73 Å². The van der Waals surface area contributed by atoms with Gasteiger partial charge in [0.2, 0.25) is 5.91 Å². The van der Waals surface area contributed by atoms with Crippen LogP contribution in [0.15, 0.2) is 48.5 Å². The molecule has 144 valence electrons. The summed E-state index contributed by atoms with van der Waals surface area (Å²) >= 11 is 0. The summed E-state index contributed by atoms with van der Waals surface area (Å²) in [4.78, 5) is 23.3. The summed E-state index contributed by atoms with van der Waals surface area (Å²) in [7, 11) is 1.43. The molecule has 0 fully saturated rings. The number of primary amides is 1. The Morgan fingerprint density at radius 1 is 1.15 bits per heavy atom. The highest BCUT2D eigenvalue weighted by molar-refractivity contribution is 5.95. The minimum atomic E-state index is -1.44. The third kappa shape index (κ3) is 5.70. The number of aliphatic hydroxyl groups is 2. The second-order valence-electron chi connectivity index (χ2n) is 5.77. The zero-order valence-corrected chi connectivity index (χ0v) is 14.8. The van der Waals surface area contributed by atoms with Crippen LogP contribution >= 0.6 is 0 Å². The smallest absolute Gasteiger partial charge is 0.407 e. The summed E-state index contributed by atoms with van der Waals surface area (Å²) in [5, 5.41) is 22.8. The fourth-order valence-corrected chi connectivity index (χ4v) is 2.41. The van der Waals surface area contributed by atoms with Crippen molar-refractivity contribution in [2.75, 3.05) is 13.7 Å². The maximum atomic E-state index is 11.7. The van der Waals surface area contributed by atoms with Gasteiger partial charge in [-0.3, -0.25) is 4.79 Å². The van der Waals surface area contributed by atoms with Gasteiger partial charge in [0, 0.05) is 12.1 Å². The second-order valence-corrected chi connectivity index (χ2v) is 5.77. The Hall–Kier alpha value is -3.10. The predicted octanol–water partition coefficient (Wildman–Crippen LogP) is 1.11. The number of hydrogen-bond donors (Lipinski definition) is 4. The molecule has 0 aliphatic heterocycles. The molecule has 2 atom stereocenters. The summed E-state index contributed by atoms with van der Waals surface area (Å²) in [6, 6.07) is 13.4. The number of amides is 2. The Bertz CT molecular complexity index is 781. The molecule has 8 nitrogen and oxygen atoms in total. The molecule has 0 aromatic heterocycles. The number of alkyl carbamates (subject to hydrolysis) is 1. The van der Waals surface area contributed by atoms with Crippen LogP contribution in [0, 0.1) is 0 Å². The fraction of sp³-hybridized carbons (Fsp3) is 0.263. The molecule has 2 rings (SSSR count). The van der Waals surface area contributed by atoms with E-state index in [-0.39, 0.29) is 24.3 Å². The number of methoxy groups -OCH3 is 1. The standard InChI is InChI=1S/C19H22N2O6/c1-26-13-7-8-14(15(9-13)18(20)24)17(23)16(22)10-21-19(25)27-11-12-5-3-2-4-6-12/h2-9,16-17,22-23H,10-11H2,1H3,(H2,20,24)(H,21,25). The van der Waals surface area contributed by atoms with Crippen molar-refractivity contribution in [1.82, 2.24) is 5.32 Å². The van der Waals surface area contributed by atoms with E-state index >= 15 is 0 Å². The van der Waals surface area contributed by atoms with Gasteiger partial charge in [-0.2, -0.15) is 0 Å². The van der Waals surface area contributed by atoms with Crippen molar-refractivity contribution in [2.45, 2.75) is 18.8 Å². The monoisotopic (exact) mass is 374 g/mol. The van der Waals surface area contributed by atoms with Gasteiger partial charge >= 0.3 is 6.09 Å². The van der Waals surface area contributed by atoms with E-state index in [1.165, 1.54) is 25.3 Å². The van der Waals surface area contributed by atoms with E-state index in [4.69, 9.17) is 15.2 Å². The number of aliphatic hydroxyl groups excluding tert-OH is 2. The van der Waals surface area contributed by atoms with E-state index in [1.807, 2.05) is 18.2 Å². The summed E-state index contributed by atoms with van der Waals surface area (Å²) in [6.45, 7) is -0.200.